The van der Waals surface area contributed by atoms with Gasteiger partial charge in [-0.05, 0) is 55.0 Å². The molecule has 0 saturated carbocycles. The van der Waals surface area contributed by atoms with Gasteiger partial charge < -0.3 is 14.6 Å². The smallest absolute Gasteiger partial charge is 0.238 e. The largest absolute Gasteiger partial charge is 0.483 e. The number of para-hydroxylation sites is 1. The van der Waals surface area contributed by atoms with Crippen LogP contribution in [-0.4, -0.2) is 25.9 Å². The molecule has 0 aliphatic rings. The molecule has 0 aliphatic carbocycles. The fourth-order valence-corrected chi connectivity index (χ4v) is 4.61. The molecule has 0 bridgehead atoms. The highest BCUT2D eigenvalue weighted by Crippen LogP contribution is 2.30. The molecule has 1 heterocycles. The van der Waals surface area contributed by atoms with Crippen molar-refractivity contribution in [2.45, 2.75) is 76.9 Å². The van der Waals surface area contributed by atoms with E-state index in [1.54, 1.807) is 18.2 Å². The third-order valence-electron chi connectivity index (χ3n) is 5.56. The summed E-state index contributed by atoms with van der Waals surface area (Å²) >= 11 is 1.34. The molecular weight excluding hydrogens is 463 g/mol. The third kappa shape index (κ3) is 7.07. The molecule has 8 heteroatoms. The summed E-state index contributed by atoms with van der Waals surface area (Å²) in [5, 5.41) is 11.7. The monoisotopic (exact) mass is 498 g/mol. The minimum absolute atomic E-state index is 0.173. The van der Waals surface area contributed by atoms with Crippen molar-refractivity contribution < 1.29 is 13.9 Å². The Bertz CT molecular complexity index is 1110. The van der Waals surface area contributed by atoms with Crippen molar-refractivity contribution in [3.8, 4) is 5.75 Å². The van der Waals surface area contributed by atoms with E-state index in [0.717, 1.165) is 5.75 Å². The highest BCUT2D eigenvalue weighted by atomic mass is 32.2. The fraction of sp³-hybridized carbons (Fsp3) is 0.444. The number of ether oxygens (including phenoxy) is 1. The normalized spacial score (nSPS) is 13.2. The van der Waals surface area contributed by atoms with Gasteiger partial charge in [-0.25, -0.2) is 4.39 Å². The first-order valence-electron chi connectivity index (χ1n) is 12.1. The lowest BCUT2D eigenvalue weighted by Gasteiger charge is -2.19. The molecule has 0 fully saturated rings. The van der Waals surface area contributed by atoms with Crippen molar-refractivity contribution >= 4 is 23.4 Å². The molecule has 6 nitrogen and oxygen atoms in total. The molecule has 3 rings (SSSR count). The molecule has 35 heavy (non-hydrogen) atoms. The second-order valence-electron chi connectivity index (χ2n) is 9.31. The molecule has 0 aliphatic heterocycles. The first-order chi connectivity index (χ1) is 16.7. The molecule has 3 aromatic rings. The van der Waals surface area contributed by atoms with Crippen LogP contribution in [0.2, 0.25) is 0 Å². The van der Waals surface area contributed by atoms with Gasteiger partial charge in [0, 0.05) is 6.54 Å². The molecule has 2 unspecified atom stereocenters. The lowest BCUT2D eigenvalue weighted by Crippen LogP contribution is -2.26. The van der Waals surface area contributed by atoms with Crippen LogP contribution < -0.4 is 10.1 Å². The van der Waals surface area contributed by atoms with Gasteiger partial charge in [0.2, 0.25) is 5.91 Å². The van der Waals surface area contributed by atoms with E-state index in [1.165, 1.54) is 23.4 Å². The lowest BCUT2D eigenvalue weighted by molar-refractivity contribution is -0.115. The van der Waals surface area contributed by atoms with Crippen molar-refractivity contribution in [1.82, 2.24) is 14.8 Å². The minimum Gasteiger partial charge on any atom is -0.483 e. The highest BCUT2D eigenvalue weighted by molar-refractivity contribution is 8.00. The lowest BCUT2D eigenvalue weighted by atomic mass is 10.0. The van der Waals surface area contributed by atoms with Gasteiger partial charge in [-0.3, -0.25) is 4.79 Å². The predicted octanol–water partition coefficient (Wildman–Crippen LogP) is 6.85. The second kappa shape index (κ2) is 12.2. The Morgan fingerprint density at radius 1 is 1.06 bits per heavy atom. The van der Waals surface area contributed by atoms with Gasteiger partial charge in [0.05, 0.1) is 10.9 Å². The first-order valence-corrected chi connectivity index (χ1v) is 13.0. The maximum atomic E-state index is 14.0. The van der Waals surface area contributed by atoms with Crippen LogP contribution in [0, 0.1) is 11.7 Å². The van der Waals surface area contributed by atoms with Gasteiger partial charge in [-0.15, -0.1) is 10.2 Å². The molecule has 2 aromatic carbocycles. The minimum atomic E-state index is -0.460. The van der Waals surface area contributed by atoms with E-state index < -0.39 is 11.1 Å². The Morgan fingerprint density at radius 2 is 1.74 bits per heavy atom. The van der Waals surface area contributed by atoms with Crippen molar-refractivity contribution in [2.75, 3.05) is 5.32 Å². The SMILES string of the molecule is CCC(Sc1nnc(C(C)Oc2ccc(C(C)C)cc2)n1CC(C)C)C(=O)Nc1ccccc1F. The Hall–Kier alpha value is -2.87. The molecule has 1 aromatic heterocycles. The molecule has 0 saturated heterocycles. The zero-order valence-electron chi connectivity index (χ0n) is 21.3. The first kappa shape index (κ1) is 26.7. The van der Waals surface area contributed by atoms with Crippen LogP contribution in [0.1, 0.15) is 71.4 Å². The Labute approximate surface area is 211 Å². The Morgan fingerprint density at radius 3 is 2.34 bits per heavy atom. The van der Waals surface area contributed by atoms with Crippen LogP contribution in [0.15, 0.2) is 53.7 Å². The number of nitrogens with one attached hydrogen (secondary N) is 1. The van der Waals surface area contributed by atoms with E-state index in [-0.39, 0.29) is 17.7 Å². The number of carbonyl (C=O) groups excluding carboxylic acids is 1. The van der Waals surface area contributed by atoms with Crippen LogP contribution in [-0.2, 0) is 11.3 Å². The van der Waals surface area contributed by atoms with Crippen LogP contribution in [0.4, 0.5) is 10.1 Å². The molecule has 188 valence electrons. The fourth-order valence-electron chi connectivity index (χ4n) is 3.64. The number of benzene rings is 2. The second-order valence-corrected chi connectivity index (χ2v) is 10.5. The standard InChI is InChI=1S/C27H35FN4O2S/c1-7-24(26(33)29-23-11-9-8-10-22(23)28)35-27-31-30-25(32(27)16-17(2)3)19(6)34-21-14-12-20(13-15-21)18(4)5/h8-15,17-19,24H,7,16H2,1-6H3,(H,29,33). The topological polar surface area (TPSA) is 69.0 Å². The van der Waals surface area contributed by atoms with Crippen molar-refractivity contribution in [1.29, 1.82) is 0 Å². The van der Waals surface area contributed by atoms with E-state index >= 15 is 0 Å². The van der Waals surface area contributed by atoms with Crippen LogP contribution in [0.25, 0.3) is 0 Å². The number of anilines is 1. The maximum absolute atomic E-state index is 14.0. The summed E-state index contributed by atoms with van der Waals surface area (Å²) in [7, 11) is 0. The van der Waals surface area contributed by atoms with Crippen LogP contribution in [0.3, 0.4) is 0 Å². The van der Waals surface area contributed by atoms with E-state index in [0.29, 0.717) is 35.8 Å². The Kier molecular flexibility index (Phi) is 9.32. The van der Waals surface area contributed by atoms with Crippen molar-refractivity contribution in [3.63, 3.8) is 0 Å². The van der Waals surface area contributed by atoms with E-state index in [2.05, 4.69) is 55.3 Å². The zero-order chi connectivity index (χ0) is 25.5. The maximum Gasteiger partial charge on any atom is 0.238 e. The molecular formula is C27H35FN4O2S. The van der Waals surface area contributed by atoms with Gasteiger partial charge in [0.25, 0.3) is 0 Å². The molecule has 0 spiro atoms. The quantitative estimate of drug-likeness (QED) is 0.293. The number of hydrogen-bond donors (Lipinski definition) is 1. The summed E-state index contributed by atoms with van der Waals surface area (Å²) in [5.74, 6) is 1.55. The third-order valence-corrected chi connectivity index (χ3v) is 6.90. The molecule has 1 N–H and O–H groups in total. The summed E-state index contributed by atoms with van der Waals surface area (Å²) in [6.07, 6.45) is 0.233. The predicted molar refractivity (Wildman–Crippen MR) is 139 cm³/mol. The van der Waals surface area contributed by atoms with Gasteiger partial charge in [-0.1, -0.05) is 70.6 Å². The van der Waals surface area contributed by atoms with E-state index in [1.807, 2.05) is 30.5 Å². The van der Waals surface area contributed by atoms with Gasteiger partial charge in [0.15, 0.2) is 17.1 Å². The molecule has 1 amide bonds. The van der Waals surface area contributed by atoms with Gasteiger partial charge >= 0.3 is 0 Å². The summed E-state index contributed by atoms with van der Waals surface area (Å²) < 4.78 is 22.2. The van der Waals surface area contributed by atoms with E-state index in [9.17, 15) is 9.18 Å². The number of amides is 1. The number of hydrogen-bond acceptors (Lipinski definition) is 5. The summed E-state index contributed by atoms with van der Waals surface area (Å²) in [6.45, 7) is 13.1. The number of rotatable bonds is 11. The summed E-state index contributed by atoms with van der Waals surface area (Å²) in [4.78, 5) is 12.9. The molecule has 0 radical (unpaired) electrons. The van der Waals surface area contributed by atoms with Crippen LogP contribution >= 0.6 is 11.8 Å². The number of aromatic nitrogens is 3. The highest BCUT2D eigenvalue weighted by Gasteiger charge is 2.26. The van der Waals surface area contributed by atoms with E-state index in [4.69, 9.17) is 4.74 Å². The van der Waals surface area contributed by atoms with Gasteiger partial charge in [0.1, 0.15) is 11.6 Å². The van der Waals surface area contributed by atoms with Gasteiger partial charge in [-0.2, -0.15) is 0 Å². The van der Waals surface area contributed by atoms with Crippen molar-refractivity contribution in [3.05, 3.63) is 65.7 Å². The number of halogens is 1. The average molecular weight is 499 g/mol. The number of thioether (sulfide) groups is 1. The summed E-state index contributed by atoms with van der Waals surface area (Å²) in [5.41, 5.74) is 1.43. The average Bonchev–Trinajstić information content (AvgIpc) is 3.20. The van der Waals surface area contributed by atoms with Crippen LogP contribution in [0.5, 0.6) is 5.75 Å². The number of carbonyl (C=O) groups is 1. The molecule has 2 atom stereocenters. The van der Waals surface area contributed by atoms with Crippen molar-refractivity contribution in [2.24, 2.45) is 5.92 Å². The Balaban J connectivity index is 1.78. The summed E-state index contributed by atoms with van der Waals surface area (Å²) in [6, 6.07) is 14.3. The number of nitrogens with zero attached hydrogens (tertiary/aromatic N) is 3. The zero-order valence-corrected chi connectivity index (χ0v) is 22.1.